The molecule has 1 aromatic heterocycles. The molecule has 92 valence electrons. The summed E-state index contributed by atoms with van der Waals surface area (Å²) in [4.78, 5) is 6.43. The Labute approximate surface area is 98.3 Å². The Morgan fingerprint density at radius 3 is 3.00 bits per heavy atom. The topological polar surface area (TPSA) is 111 Å². The summed E-state index contributed by atoms with van der Waals surface area (Å²) in [6.07, 6.45) is 0.983. The first kappa shape index (κ1) is 13.2. The Kier molecular flexibility index (Phi) is 5.22. The zero-order valence-electron chi connectivity index (χ0n) is 9.39. The fourth-order valence-electron chi connectivity index (χ4n) is 1.40. The summed E-state index contributed by atoms with van der Waals surface area (Å²) in [6.45, 7) is 0.122. The van der Waals surface area contributed by atoms with Crippen LogP contribution in [0.5, 0.6) is 5.75 Å². The second-order valence-electron chi connectivity index (χ2n) is 3.37. The highest BCUT2D eigenvalue weighted by Crippen LogP contribution is 2.26. The van der Waals surface area contributed by atoms with Crippen molar-refractivity contribution >= 4 is 0 Å². The Hall–Kier alpha value is -1.82. The largest absolute Gasteiger partial charge is 0.496 e. The SMILES string of the molecule is COc1ccncc1C(O)C(O)CCN=[N+]=[N-]. The van der Waals surface area contributed by atoms with Gasteiger partial charge in [-0.05, 0) is 18.0 Å². The number of aliphatic hydroxyl groups excluding tert-OH is 2. The highest BCUT2D eigenvalue weighted by Gasteiger charge is 2.21. The molecule has 0 aliphatic carbocycles. The Morgan fingerprint density at radius 1 is 1.59 bits per heavy atom. The average molecular weight is 238 g/mol. The summed E-state index contributed by atoms with van der Waals surface area (Å²) in [5.74, 6) is 0.454. The number of hydrogen-bond donors (Lipinski definition) is 2. The summed E-state index contributed by atoms with van der Waals surface area (Å²) in [5, 5.41) is 22.9. The van der Waals surface area contributed by atoms with Crippen molar-refractivity contribution < 1.29 is 14.9 Å². The van der Waals surface area contributed by atoms with Gasteiger partial charge >= 0.3 is 0 Å². The van der Waals surface area contributed by atoms with Gasteiger partial charge in [0.15, 0.2) is 0 Å². The molecule has 0 fully saturated rings. The molecule has 0 saturated carbocycles. The van der Waals surface area contributed by atoms with Gasteiger partial charge in [0.25, 0.3) is 0 Å². The van der Waals surface area contributed by atoms with Gasteiger partial charge in [0.2, 0.25) is 0 Å². The molecule has 0 spiro atoms. The summed E-state index contributed by atoms with van der Waals surface area (Å²) in [5.41, 5.74) is 8.51. The van der Waals surface area contributed by atoms with Crippen LogP contribution in [0.1, 0.15) is 18.1 Å². The number of aliphatic hydroxyl groups is 2. The van der Waals surface area contributed by atoms with Crippen LogP contribution in [0.3, 0.4) is 0 Å². The van der Waals surface area contributed by atoms with Crippen molar-refractivity contribution in [1.82, 2.24) is 4.98 Å². The van der Waals surface area contributed by atoms with E-state index in [1.54, 1.807) is 6.07 Å². The number of aromatic nitrogens is 1. The molecule has 0 amide bonds. The second-order valence-corrected chi connectivity index (χ2v) is 3.37. The third kappa shape index (κ3) is 3.60. The maximum absolute atomic E-state index is 9.90. The fourth-order valence-corrected chi connectivity index (χ4v) is 1.40. The lowest BCUT2D eigenvalue weighted by Crippen LogP contribution is -2.19. The molecule has 0 bridgehead atoms. The first-order valence-electron chi connectivity index (χ1n) is 5.05. The minimum atomic E-state index is -1.12. The van der Waals surface area contributed by atoms with Gasteiger partial charge < -0.3 is 14.9 Å². The van der Waals surface area contributed by atoms with Crippen molar-refractivity contribution in [3.8, 4) is 5.75 Å². The van der Waals surface area contributed by atoms with Crippen molar-refractivity contribution in [3.63, 3.8) is 0 Å². The van der Waals surface area contributed by atoms with Crippen LogP contribution in [0.25, 0.3) is 10.4 Å². The van der Waals surface area contributed by atoms with Gasteiger partial charge in [0, 0.05) is 29.4 Å². The fraction of sp³-hybridized carbons (Fsp3) is 0.500. The lowest BCUT2D eigenvalue weighted by atomic mass is 10.0. The lowest BCUT2D eigenvalue weighted by molar-refractivity contribution is 0.0135. The molecule has 0 radical (unpaired) electrons. The molecule has 7 heteroatoms. The molecular formula is C10H14N4O3. The van der Waals surface area contributed by atoms with E-state index in [1.807, 2.05) is 0 Å². The van der Waals surface area contributed by atoms with Crippen molar-refractivity contribution in [1.29, 1.82) is 0 Å². The summed E-state index contributed by atoms with van der Waals surface area (Å²) in [7, 11) is 1.47. The van der Waals surface area contributed by atoms with E-state index in [0.29, 0.717) is 11.3 Å². The number of ether oxygens (including phenoxy) is 1. The van der Waals surface area contributed by atoms with Gasteiger partial charge in [-0.15, -0.1) is 0 Å². The molecule has 1 heterocycles. The van der Waals surface area contributed by atoms with Gasteiger partial charge in [-0.3, -0.25) is 4.98 Å². The van der Waals surface area contributed by atoms with Gasteiger partial charge in [-0.1, -0.05) is 5.11 Å². The first-order valence-corrected chi connectivity index (χ1v) is 5.05. The van der Waals surface area contributed by atoms with E-state index in [2.05, 4.69) is 15.0 Å². The van der Waals surface area contributed by atoms with E-state index in [9.17, 15) is 10.2 Å². The first-order chi connectivity index (χ1) is 8.20. The van der Waals surface area contributed by atoms with Crippen molar-refractivity contribution in [3.05, 3.63) is 34.5 Å². The minimum Gasteiger partial charge on any atom is -0.496 e. The van der Waals surface area contributed by atoms with Gasteiger partial charge in [0.05, 0.1) is 13.2 Å². The van der Waals surface area contributed by atoms with E-state index in [4.69, 9.17) is 10.3 Å². The van der Waals surface area contributed by atoms with Crippen molar-refractivity contribution in [2.24, 2.45) is 5.11 Å². The lowest BCUT2D eigenvalue weighted by Gasteiger charge is -2.18. The van der Waals surface area contributed by atoms with Crippen LogP contribution >= 0.6 is 0 Å². The molecule has 17 heavy (non-hydrogen) atoms. The Morgan fingerprint density at radius 2 is 2.35 bits per heavy atom. The number of hydrogen-bond acceptors (Lipinski definition) is 5. The van der Waals surface area contributed by atoms with Gasteiger partial charge in [-0.2, -0.15) is 0 Å². The van der Waals surface area contributed by atoms with Crippen LogP contribution < -0.4 is 4.74 Å². The number of azide groups is 1. The summed E-state index contributed by atoms with van der Waals surface area (Å²) >= 11 is 0. The number of nitrogens with zero attached hydrogens (tertiary/aromatic N) is 4. The second kappa shape index (κ2) is 6.70. The molecule has 2 atom stereocenters. The zero-order chi connectivity index (χ0) is 12.7. The quantitative estimate of drug-likeness (QED) is 0.440. The van der Waals surface area contributed by atoms with E-state index in [0.717, 1.165) is 0 Å². The molecule has 0 aliphatic heterocycles. The Bertz CT molecular complexity index is 406. The maximum atomic E-state index is 9.90. The number of methoxy groups -OCH3 is 1. The molecule has 1 aromatic rings. The highest BCUT2D eigenvalue weighted by molar-refractivity contribution is 5.32. The van der Waals surface area contributed by atoms with Crippen LogP contribution in [0.15, 0.2) is 23.6 Å². The molecule has 2 N–H and O–H groups in total. The smallest absolute Gasteiger partial charge is 0.127 e. The standard InChI is InChI=1S/C10H14N4O3/c1-17-9-3-4-12-6-7(9)10(16)8(15)2-5-13-14-11/h3-4,6,8,10,15-16H,2,5H2,1H3. The van der Waals surface area contributed by atoms with E-state index in [-0.39, 0.29) is 13.0 Å². The van der Waals surface area contributed by atoms with E-state index < -0.39 is 12.2 Å². The normalized spacial score (nSPS) is 13.6. The monoisotopic (exact) mass is 238 g/mol. The average Bonchev–Trinajstić information content (AvgIpc) is 2.38. The van der Waals surface area contributed by atoms with Crippen molar-refractivity contribution in [2.45, 2.75) is 18.6 Å². The molecule has 0 saturated heterocycles. The zero-order valence-corrected chi connectivity index (χ0v) is 9.39. The third-order valence-electron chi connectivity index (χ3n) is 2.30. The predicted molar refractivity (Wildman–Crippen MR) is 60.4 cm³/mol. The van der Waals surface area contributed by atoms with E-state index >= 15 is 0 Å². The van der Waals surface area contributed by atoms with Gasteiger partial charge in [-0.25, -0.2) is 0 Å². The molecule has 0 aromatic carbocycles. The molecule has 1 rings (SSSR count). The van der Waals surface area contributed by atoms with Crippen LogP contribution in [-0.4, -0.2) is 35.0 Å². The maximum Gasteiger partial charge on any atom is 0.127 e. The number of rotatable bonds is 6. The molecule has 0 aliphatic rings. The third-order valence-corrected chi connectivity index (χ3v) is 2.30. The molecular weight excluding hydrogens is 224 g/mol. The summed E-state index contributed by atoms with van der Waals surface area (Å²) in [6, 6.07) is 1.60. The van der Waals surface area contributed by atoms with Crippen LogP contribution in [-0.2, 0) is 0 Å². The highest BCUT2D eigenvalue weighted by atomic mass is 16.5. The van der Waals surface area contributed by atoms with Gasteiger partial charge in [0.1, 0.15) is 11.9 Å². The van der Waals surface area contributed by atoms with Crippen LogP contribution in [0.2, 0.25) is 0 Å². The van der Waals surface area contributed by atoms with Crippen LogP contribution in [0.4, 0.5) is 0 Å². The minimum absolute atomic E-state index is 0.122. The van der Waals surface area contributed by atoms with Crippen molar-refractivity contribution in [2.75, 3.05) is 13.7 Å². The predicted octanol–water partition coefficient (Wildman–Crippen LogP) is 1.18. The van der Waals surface area contributed by atoms with Crippen LogP contribution in [0, 0.1) is 0 Å². The number of pyridine rings is 1. The van der Waals surface area contributed by atoms with E-state index in [1.165, 1.54) is 19.5 Å². The molecule has 2 unspecified atom stereocenters. The summed E-state index contributed by atoms with van der Waals surface area (Å²) < 4.78 is 5.05. The Balaban J connectivity index is 2.73. The molecule has 7 nitrogen and oxygen atoms in total.